The van der Waals surface area contributed by atoms with Crippen LogP contribution in [0.1, 0.15) is 29.7 Å². The lowest BCUT2D eigenvalue weighted by Crippen LogP contribution is -2.31. The van der Waals surface area contributed by atoms with Crippen molar-refractivity contribution in [3.63, 3.8) is 0 Å². The van der Waals surface area contributed by atoms with Crippen molar-refractivity contribution in [1.82, 2.24) is 14.8 Å². The number of hydrogen-bond acceptors (Lipinski definition) is 8. The molecule has 1 amide bonds. The summed E-state index contributed by atoms with van der Waals surface area (Å²) >= 11 is 17.9. The molecular weight excluding hydrogens is 737 g/mol. The van der Waals surface area contributed by atoms with Crippen molar-refractivity contribution in [2.24, 2.45) is 0 Å². The summed E-state index contributed by atoms with van der Waals surface area (Å²) in [6.45, 7) is 2.07. The van der Waals surface area contributed by atoms with Gasteiger partial charge in [-0.2, -0.15) is 4.98 Å². The van der Waals surface area contributed by atoms with E-state index in [4.69, 9.17) is 47.5 Å². The third kappa shape index (κ3) is 7.14. The zero-order valence-corrected chi connectivity index (χ0v) is 30.0. The summed E-state index contributed by atoms with van der Waals surface area (Å²) in [5, 5.41) is 13.0. The molecule has 2 heterocycles. The Bertz CT molecular complexity index is 2020. The van der Waals surface area contributed by atoms with Crippen molar-refractivity contribution < 1.29 is 19.0 Å². The highest BCUT2D eigenvalue weighted by molar-refractivity contribution is 9.10. The summed E-state index contributed by atoms with van der Waals surface area (Å²) in [5.74, 6) is 2.21. The molecule has 0 bridgehead atoms. The number of fused-ring (bicyclic) bond motifs is 1. The number of aromatic nitrogens is 3. The molecule has 13 heteroatoms. The summed E-state index contributed by atoms with van der Waals surface area (Å²) in [6.07, 6.45) is 0. The molecule has 0 fully saturated rings. The molecule has 1 aromatic heterocycles. The maximum Gasteiger partial charge on any atom is 0.255 e. The van der Waals surface area contributed by atoms with Crippen LogP contribution in [0.25, 0.3) is 0 Å². The summed E-state index contributed by atoms with van der Waals surface area (Å²) in [5.41, 5.74) is 4.09. The van der Waals surface area contributed by atoms with E-state index >= 15 is 0 Å². The van der Waals surface area contributed by atoms with Crippen LogP contribution < -0.4 is 24.8 Å². The number of allylic oxidation sites excluding steroid dienone is 1. The first-order valence-corrected chi connectivity index (χ1v) is 17.3. The normalized spacial score (nSPS) is 13.8. The van der Waals surface area contributed by atoms with Crippen LogP contribution >= 0.6 is 50.9 Å². The number of benzene rings is 4. The maximum atomic E-state index is 14.2. The zero-order chi connectivity index (χ0) is 33.8. The molecule has 2 N–H and O–H groups in total. The van der Waals surface area contributed by atoms with Crippen molar-refractivity contribution in [3.05, 3.63) is 127 Å². The molecule has 1 unspecified atom stereocenters. The first-order chi connectivity index (χ1) is 23.3. The summed E-state index contributed by atoms with van der Waals surface area (Å²) in [7, 11) is 3.13. The SMILES string of the molecule is COc1ccccc1NC(=O)C1=C(C)Nc2nc(SCc3ccccc3Cl)nn2C1c1cc(Br)c(OCc2ccccc2Cl)c(OC)c1. The van der Waals surface area contributed by atoms with E-state index in [1.807, 2.05) is 79.7 Å². The van der Waals surface area contributed by atoms with Crippen molar-refractivity contribution in [2.45, 2.75) is 30.5 Å². The molecule has 1 aliphatic rings. The number of methoxy groups -OCH3 is 2. The van der Waals surface area contributed by atoms with Crippen LogP contribution in [0.5, 0.6) is 17.2 Å². The minimum absolute atomic E-state index is 0.228. The summed E-state index contributed by atoms with van der Waals surface area (Å²) < 4.78 is 19.9. The van der Waals surface area contributed by atoms with Gasteiger partial charge in [-0.15, -0.1) is 5.10 Å². The second-order valence-electron chi connectivity index (χ2n) is 10.7. The van der Waals surface area contributed by atoms with E-state index in [0.29, 0.717) is 71.1 Å². The molecule has 0 radical (unpaired) electrons. The fourth-order valence-electron chi connectivity index (χ4n) is 5.29. The van der Waals surface area contributed by atoms with Gasteiger partial charge in [-0.25, -0.2) is 4.68 Å². The van der Waals surface area contributed by atoms with Crippen molar-refractivity contribution in [1.29, 1.82) is 0 Å². The molecule has 0 saturated carbocycles. The molecule has 4 aromatic carbocycles. The highest BCUT2D eigenvalue weighted by Crippen LogP contribution is 2.44. The van der Waals surface area contributed by atoms with Gasteiger partial charge in [0.15, 0.2) is 11.5 Å². The number of thioether (sulfide) groups is 1. The number of para-hydroxylation sites is 2. The molecule has 0 spiro atoms. The van der Waals surface area contributed by atoms with Gasteiger partial charge in [0.25, 0.3) is 5.91 Å². The lowest BCUT2D eigenvalue weighted by molar-refractivity contribution is -0.113. The van der Waals surface area contributed by atoms with E-state index < -0.39 is 6.04 Å². The van der Waals surface area contributed by atoms with Gasteiger partial charge in [0, 0.05) is 27.1 Å². The minimum atomic E-state index is -0.694. The Morgan fingerprint density at radius 3 is 2.33 bits per heavy atom. The lowest BCUT2D eigenvalue weighted by Gasteiger charge is -2.29. The topological polar surface area (TPSA) is 99.5 Å². The lowest BCUT2D eigenvalue weighted by atomic mass is 9.94. The monoisotopic (exact) mass is 765 g/mol. The van der Waals surface area contributed by atoms with Gasteiger partial charge in [0.1, 0.15) is 18.4 Å². The zero-order valence-electron chi connectivity index (χ0n) is 26.1. The van der Waals surface area contributed by atoms with Crippen LogP contribution in [-0.4, -0.2) is 34.9 Å². The number of nitrogens with one attached hydrogen (secondary N) is 2. The number of carbonyl (C=O) groups is 1. The van der Waals surface area contributed by atoms with Crippen LogP contribution in [0.3, 0.4) is 0 Å². The molecule has 0 aliphatic carbocycles. The Morgan fingerprint density at radius 1 is 0.958 bits per heavy atom. The number of halogens is 3. The first-order valence-electron chi connectivity index (χ1n) is 14.8. The number of hydrogen-bond donors (Lipinski definition) is 2. The molecule has 1 aliphatic heterocycles. The highest BCUT2D eigenvalue weighted by Gasteiger charge is 2.36. The first kappa shape index (κ1) is 33.7. The average molecular weight is 768 g/mol. The summed E-state index contributed by atoms with van der Waals surface area (Å²) in [4.78, 5) is 18.9. The summed E-state index contributed by atoms with van der Waals surface area (Å²) in [6, 6.07) is 25.4. The number of ether oxygens (including phenoxy) is 3. The van der Waals surface area contributed by atoms with E-state index in [0.717, 1.165) is 11.1 Å². The Hall–Kier alpha value is -4.16. The standard InChI is InChI=1S/C35H30BrCl2N5O4S/c1-20-30(33(44)40-27-14-8-9-15-28(27)45-2)31(43-34(39-20)41-35(42-43)48-19-22-11-5-7-13-26(22)38)23-16-24(36)32(29(17-23)46-3)47-18-21-10-4-6-12-25(21)37/h4-17,31H,18-19H2,1-3H3,(H,40,44)(H,39,41,42). The third-order valence-corrected chi connectivity index (χ3v) is 9.86. The van der Waals surface area contributed by atoms with Crippen LogP contribution in [0.2, 0.25) is 10.0 Å². The molecule has 5 aromatic rings. The van der Waals surface area contributed by atoms with Crippen LogP contribution in [0.15, 0.2) is 106 Å². The average Bonchev–Trinajstić information content (AvgIpc) is 3.49. The van der Waals surface area contributed by atoms with Gasteiger partial charge in [-0.1, -0.05) is 83.5 Å². The molecule has 6 rings (SSSR count). The Labute approximate surface area is 300 Å². The molecule has 48 heavy (non-hydrogen) atoms. The van der Waals surface area contributed by atoms with Gasteiger partial charge < -0.3 is 24.8 Å². The van der Waals surface area contributed by atoms with E-state index in [1.54, 1.807) is 31.0 Å². The van der Waals surface area contributed by atoms with Gasteiger partial charge in [-0.3, -0.25) is 4.79 Å². The number of anilines is 2. The molecular formula is C35H30BrCl2N5O4S. The second kappa shape index (κ2) is 14.9. The fraction of sp³-hybridized carbons (Fsp3) is 0.171. The molecule has 1 atom stereocenters. The molecule has 9 nitrogen and oxygen atoms in total. The number of nitrogens with zero attached hydrogens (tertiary/aromatic N) is 3. The van der Waals surface area contributed by atoms with E-state index in [1.165, 1.54) is 11.8 Å². The van der Waals surface area contributed by atoms with Crippen molar-refractivity contribution in [3.8, 4) is 17.2 Å². The van der Waals surface area contributed by atoms with Crippen LogP contribution in [0, 0.1) is 0 Å². The molecule has 0 saturated heterocycles. The number of amides is 1. The largest absolute Gasteiger partial charge is 0.495 e. The van der Waals surface area contributed by atoms with Gasteiger partial charge >= 0.3 is 0 Å². The van der Waals surface area contributed by atoms with Crippen molar-refractivity contribution in [2.75, 3.05) is 24.9 Å². The Balaban J connectivity index is 1.39. The van der Waals surface area contributed by atoms with Gasteiger partial charge in [0.05, 0.1) is 30.0 Å². The van der Waals surface area contributed by atoms with E-state index in [2.05, 4.69) is 26.6 Å². The van der Waals surface area contributed by atoms with Gasteiger partial charge in [0.2, 0.25) is 11.1 Å². The van der Waals surface area contributed by atoms with Gasteiger partial charge in [-0.05, 0) is 70.4 Å². The second-order valence-corrected chi connectivity index (χ2v) is 13.3. The van der Waals surface area contributed by atoms with E-state index in [-0.39, 0.29) is 12.5 Å². The fourth-order valence-corrected chi connectivity index (χ4v) is 7.17. The predicted octanol–water partition coefficient (Wildman–Crippen LogP) is 9.16. The predicted molar refractivity (Wildman–Crippen MR) is 194 cm³/mol. The maximum absolute atomic E-state index is 14.2. The van der Waals surface area contributed by atoms with Crippen LogP contribution in [-0.2, 0) is 17.2 Å². The smallest absolute Gasteiger partial charge is 0.255 e. The molecule has 246 valence electrons. The number of carbonyl (C=O) groups excluding carboxylic acids is 1. The number of rotatable bonds is 11. The third-order valence-electron chi connectivity index (χ3n) is 7.64. The van der Waals surface area contributed by atoms with E-state index in [9.17, 15) is 4.79 Å². The van der Waals surface area contributed by atoms with Crippen molar-refractivity contribution >= 4 is 68.4 Å². The Kier molecular flexibility index (Phi) is 10.5. The quantitative estimate of drug-likeness (QED) is 0.129. The highest BCUT2D eigenvalue weighted by atomic mass is 79.9. The minimum Gasteiger partial charge on any atom is -0.495 e. The Morgan fingerprint density at radius 2 is 1.62 bits per heavy atom. The van der Waals surface area contributed by atoms with Crippen LogP contribution in [0.4, 0.5) is 11.6 Å².